The fourth-order valence-corrected chi connectivity index (χ4v) is 0.870. The van der Waals surface area contributed by atoms with Crippen LogP contribution in [0.4, 0.5) is 4.39 Å². The van der Waals surface area contributed by atoms with Gasteiger partial charge >= 0.3 is 0 Å². The van der Waals surface area contributed by atoms with Crippen molar-refractivity contribution in [3.8, 4) is 0 Å². The zero-order valence-electron chi connectivity index (χ0n) is 7.03. The summed E-state index contributed by atoms with van der Waals surface area (Å²) in [6, 6.07) is 5.91. The molecule has 1 aromatic carbocycles. The highest BCUT2D eigenvalue weighted by molar-refractivity contribution is 5.50. The second-order valence-electron chi connectivity index (χ2n) is 2.56. The van der Waals surface area contributed by atoms with E-state index in [0.717, 1.165) is 0 Å². The zero-order valence-corrected chi connectivity index (χ0v) is 7.03. The predicted molar refractivity (Wildman–Crippen MR) is 47.0 cm³/mol. The number of nitro groups is 1. The van der Waals surface area contributed by atoms with Crippen LogP contribution in [0.3, 0.4) is 0 Å². The topological polar surface area (TPSA) is 43.1 Å². The molecule has 0 aliphatic heterocycles. The molecule has 4 heteroatoms. The van der Waals surface area contributed by atoms with Crippen LogP contribution >= 0.6 is 0 Å². The van der Waals surface area contributed by atoms with E-state index in [1.807, 2.05) is 0 Å². The smallest absolute Gasteiger partial charge is 0.243 e. The molecule has 0 N–H and O–H groups in total. The van der Waals surface area contributed by atoms with Gasteiger partial charge in [-0.1, -0.05) is 18.2 Å². The van der Waals surface area contributed by atoms with Gasteiger partial charge in [-0.15, -0.1) is 0 Å². The molecule has 0 saturated heterocycles. The molecular formula is C9H8FNO2. The molecule has 3 nitrogen and oxygen atoms in total. The minimum absolute atomic E-state index is 0.0786. The number of allylic oxidation sites excluding steroid dienone is 1. The van der Waals surface area contributed by atoms with Crippen LogP contribution in [-0.4, -0.2) is 4.92 Å². The third-order valence-corrected chi connectivity index (χ3v) is 1.56. The maximum absolute atomic E-state index is 12.9. The first-order chi connectivity index (χ1) is 6.11. The zero-order chi connectivity index (χ0) is 9.84. The summed E-state index contributed by atoms with van der Waals surface area (Å²) in [6.07, 6.45) is 1.20. The number of hydrogen-bond acceptors (Lipinski definition) is 2. The van der Waals surface area contributed by atoms with Gasteiger partial charge in [0.2, 0.25) is 5.70 Å². The van der Waals surface area contributed by atoms with Crippen molar-refractivity contribution in [2.45, 2.75) is 6.92 Å². The van der Waals surface area contributed by atoms with Gasteiger partial charge in [0.1, 0.15) is 5.82 Å². The van der Waals surface area contributed by atoms with Gasteiger partial charge in [-0.3, -0.25) is 10.1 Å². The molecule has 0 atom stereocenters. The van der Waals surface area contributed by atoms with Crippen LogP contribution < -0.4 is 0 Å². The second kappa shape index (κ2) is 3.80. The molecule has 1 rings (SSSR count). The van der Waals surface area contributed by atoms with Crippen molar-refractivity contribution < 1.29 is 9.31 Å². The van der Waals surface area contributed by atoms with E-state index in [4.69, 9.17) is 0 Å². The Morgan fingerprint density at radius 3 is 2.69 bits per heavy atom. The Hall–Kier alpha value is -1.71. The molecule has 0 fully saturated rings. The van der Waals surface area contributed by atoms with Crippen LogP contribution in [0.15, 0.2) is 30.0 Å². The molecule has 13 heavy (non-hydrogen) atoms. The molecule has 0 heterocycles. The maximum atomic E-state index is 12.9. The van der Waals surface area contributed by atoms with Gasteiger partial charge in [0, 0.05) is 18.6 Å². The number of rotatable bonds is 2. The molecule has 68 valence electrons. The molecule has 0 aromatic heterocycles. The molecule has 1 aromatic rings. The Bertz CT molecular complexity index is 360. The quantitative estimate of drug-likeness (QED) is 0.519. The minimum Gasteiger partial charge on any atom is -0.259 e. The number of halogens is 1. The van der Waals surface area contributed by atoms with Gasteiger partial charge in [0.15, 0.2) is 0 Å². The molecule has 0 aliphatic carbocycles. The van der Waals surface area contributed by atoms with Crippen molar-refractivity contribution in [2.75, 3.05) is 0 Å². The Morgan fingerprint density at radius 2 is 2.15 bits per heavy atom. The van der Waals surface area contributed by atoms with E-state index >= 15 is 0 Å². The lowest BCUT2D eigenvalue weighted by Gasteiger charge is -1.94. The van der Waals surface area contributed by atoms with Gasteiger partial charge in [0.05, 0.1) is 4.92 Å². The first-order valence-corrected chi connectivity index (χ1v) is 3.68. The summed E-state index contributed by atoms with van der Waals surface area (Å²) < 4.78 is 12.9. The lowest BCUT2D eigenvalue weighted by atomic mass is 10.2. The maximum Gasteiger partial charge on any atom is 0.243 e. The SMILES string of the molecule is C/C(=C\c1ccccc1F)[N+](=O)[O-]. The van der Waals surface area contributed by atoms with E-state index in [9.17, 15) is 14.5 Å². The number of hydrogen-bond donors (Lipinski definition) is 0. The molecule has 0 amide bonds. The fourth-order valence-electron chi connectivity index (χ4n) is 0.870. The Kier molecular flexibility index (Phi) is 2.74. The van der Waals surface area contributed by atoms with Gasteiger partial charge in [-0.2, -0.15) is 0 Å². The van der Waals surface area contributed by atoms with Crippen LogP contribution in [0.5, 0.6) is 0 Å². The van der Waals surface area contributed by atoms with Crippen molar-refractivity contribution in [1.82, 2.24) is 0 Å². The number of benzene rings is 1. The minimum atomic E-state index is -0.549. The van der Waals surface area contributed by atoms with Gasteiger partial charge in [-0.25, -0.2) is 4.39 Å². The highest BCUT2D eigenvalue weighted by atomic mass is 19.1. The van der Waals surface area contributed by atoms with E-state index in [0.29, 0.717) is 0 Å². The number of nitrogens with zero attached hydrogens (tertiary/aromatic N) is 1. The van der Waals surface area contributed by atoms with Gasteiger partial charge in [0.25, 0.3) is 0 Å². The van der Waals surface area contributed by atoms with Crippen molar-refractivity contribution in [2.24, 2.45) is 0 Å². The highest BCUT2D eigenvalue weighted by Gasteiger charge is 2.04. The summed E-state index contributed by atoms with van der Waals surface area (Å²) in [5.74, 6) is -0.455. The first kappa shape index (κ1) is 9.38. The average molecular weight is 181 g/mol. The summed E-state index contributed by atoms with van der Waals surface area (Å²) in [6.45, 7) is 1.33. The fraction of sp³-hybridized carbons (Fsp3) is 0.111. The van der Waals surface area contributed by atoms with Crippen molar-refractivity contribution >= 4 is 6.08 Å². The lowest BCUT2D eigenvalue weighted by Crippen LogP contribution is -1.93. The summed E-state index contributed by atoms with van der Waals surface area (Å²) in [5.41, 5.74) is 0.154. The molecule has 0 spiro atoms. The molecule has 0 bridgehead atoms. The van der Waals surface area contributed by atoms with Crippen molar-refractivity contribution in [3.05, 3.63) is 51.5 Å². The first-order valence-electron chi connectivity index (χ1n) is 3.68. The van der Waals surface area contributed by atoms with E-state index in [2.05, 4.69) is 0 Å². The molecule has 0 unspecified atom stereocenters. The Labute approximate surface area is 74.7 Å². The third kappa shape index (κ3) is 2.37. The molecule has 0 radical (unpaired) electrons. The van der Waals surface area contributed by atoms with E-state index < -0.39 is 10.7 Å². The summed E-state index contributed by atoms with van der Waals surface area (Å²) in [5, 5.41) is 10.2. The summed E-state index contributed by atoms with van der Waals surface area (Å²) in [7, 11) is 0. The standard InChI is InChI=1S/C9H8FNO2/c1-7(11(12)13)6-8-4-2-3-5-9(8)10/h2-6H,1H3/b7-6+. The van der Waals surface area contributed by atoms with Gasteiger partial charge < -0.3 is 0 Å². The van der Waals surface area contributed by atoms with Crippen LogP contribution in [-0.2, 0) is 0 Å². The molecule has 0 aliphatic rings. The van der Waals surface area contributed by atoms with Crippen LogP contribution in [0, 0.1) is 15.9 Å². The second-order valence-corrected chi connectivity index (χ2v) is 2.56. The van der Waals surface area contributed by atoms with Crippen LogP contribution in [0.2, 0.25) is 0 Å². The molecular weight excluding hydrogens is 173 g/mol. The van der Waals surface area contributed by atoms with E-state index in [1.54, 1.807) is 6.07 Å². The largest absolute Gasteiger partial charge is 0.259 e. The van der Waals surface area contributed by atoms with Crippen molar-refractivity contribution in [1.29, 1.82) is 0 Å². The highest BCUT2D eigenvalue weighted by Crippen LogP contribution is 2.10. The van der Waals surface area contributed by atoms with Crippen LogP contribution in [0.25, 0.3) is 6.08 Å². The monoisotopic (exact) mass is 181 g/mol. The normalized spacial score (nSPS) is 11.4. The third-order valence-electron chi connectivity index (χ3n) is 1.56. The Balaban J connectivity index is 3.04. The van der Waals surface area contributed by atoms with Gasteiger partial charge in [-0.05, 0) is 6.07 Å². The summed E-state index contributed by atoms with van der Waals surface area (Å²) in [4.78, 5) is 9.68. The lowest BCUT2D eigenvalue weighted by molar-refractivity contribution is -0.422. The predicted octanol–water partition coefficient (Wildman–Crippen LogP) is 2.46. The average Bonchev–Trinajstić information content (AvgIpc) is 2.08. The van der Waals surface area contributed by atoms with E-state index in [-0.39, 0.29) is 11.3 Å². The van der Waals surface area contributed by atoms with Crippen molar-refractivity contribution in [3.63, 3.8) is 0 Å². The summed E-state index contributed by atoms with van der Waals surface area (Å²) >= 11 is 0. The van der Waals surface area contributed by atoms with Crippen LogP contribution in [0.1, 0.15) is 12.5 Å². The molecule has 0 saturated carbocycles. The van der Waals surface area contributed by atoms with E-state index in [1.165, 1.54) is 31.2 Å². The Morgan fingerprint density at radius 1 is 1.54 bits per heavy atom.